The lowest BCUT2D eigenvalue weighted by molar-refractivity contribution is -0.138. The third kappa shape index (κ3) is 3.81. The third-order valence-corrected chi connectivity index (χ3v) is 5.36. The molecular weight excluding hydrogens is 414 g/mol. The SMILES string of the molecule is C=CCOC(=O)C1=C(C)Nc2c(c(=O)n(C)c(=O)n2C)C1c1ccc(OCC)c(OC)c1. The first-order chi connectivity index (χ1) is 15.3. The molecule has 32 heavy (non-hydrogen) atoms. The average molecular weight is 441 g/mol. The van der Waals surface area contributed by atoms with Gasteiger partial charge in [-0.3, -0.25) is 13.9 Å². The molecule has 9 heteroatoms. The van der Waals surface area contributed by atoms with E-state index in [-0.39, 0.29) is 17.7 Å². The summed E-state index contributed by atoms with van der Waals surface area (Å²) in [6.45, 7) is 7.61. The number of nitrogens with zero attached hydrogens (tertiary/aromatic N) is 2. The van der Waals surface area contributed by atoms with Crippen molar-refractivity contribution < 1.29 is 19.0 Å². The van der Waals surface area contributed by atoms with E-state index in [0.717, 1.165) is 4.57 Å². The largest absolute Gasteiger partial charge is 0.493 e. The van der Waals surface area contributed by atoms with E-state index in [0.29, 0.717) is 35.2 Å². The number of rotatable bonds is 7. The molecule has 3 rings (SSSR count). The number of benzene rings is 1. The van der Waals surface area contributed by atoms with Crippen molar-refractivity contribution in [1.29, 1.82) is 0 Å². The second-order valence-corrected chi connectivity index (χ2v) is 7.30. The molecule has 0 radical (unpaired) electrons. The first kappa shape index (κ1) is 22.9. The number of hydrogen-bond donors (Lipinski definition) is 1. The second kappa shape index (κ2) is 9.17. The Bertz CT molecular complexity index is 1220. The summed E-state index contributed by atoms with van der Waals surface area (Å²) < 4.78 is 18.8. The summed E-state index contributed by atoms with van der Waals surface area (Å²) in [6, 6.07) is 5.23. The monoisotopic (exact) mass is 441 g/mol. The zero-order valence-electron chi connectivity index (χ0n) is 18.9. The highest BCUT2D eigenvalue weighted by Crippen LogP contribution is 2.42. The molecule has 0 amide bonds. The number of aromatic nitrogens is 2. The van der Waals surface area contributed by atoms with Crippen LogP contribution in [0.5, 0.6) is 11.5 Å². The quantitative estimate of drug-likeness (QED) is 0.518. The zero-order valence-corrected chi connectivity index (χ0v) is 18.9. The minimum atomic E-state index is -0.793. The standard InChI is InChI=1S/C23H27N3O6/c1-7-11-32-22(28)17-13(3)24-20-19(21(27)26(5)23(29)25(20)4)18(17)14-9-10-15(31-8-2)16(12-14)30-6/h7,9-10,12,18,24H,1,8,11H2,2-6H3. The highest BCUT2D eigenvalue weighted by Gasteiger charge is 2.37. The third-order valence-electron chi connectivity index (χ3n) is 5.36. The first-order valence-corrected chi connectivity index (χ1v) is 10.1. The lowest BCUT2D eigenvalue weighted by atomic mass is 9.82. The van der Waals surface area contributed by atoms with Gasteiger partial charge >= 0.3 is 11.7 Å². The Morgan fingerprint density at radius 2 is 1.94 bits per heavy atom. The van der Waals surface area contributed by atoms with Gasteiger partial charge in [0.2, 0.25) is 0 Å². The van der Waals surface area contributed by atoms with Crippen molar-refractivity contribution in [2.24, 2.45) is 14.1 Å². The van der Waals surface area contributed by atoms with Crippen LogP contribution in [0, 0.1) is 0 Å². The lowest BCUT2D eigenvalue weighted by Crippen LogP contribution is -2.43. The molecule has 0 aliphatic carbocycles. The average Bonchev–Trinajstić information content (AvgIpc) is 2.79. The maximum absolute atomic E-state index is 13.2. The van der Waals surface area contributed by atoms with Crippen LogP contribution in [0.3, 0.4) is 0 Å². The summed E-state index contributed by atoms with van der Waals surface area (Å²) >= 11 is 0. The summed E-state index contributed by atoms with van der Waals surface area (Å²) in [5.41, 5.74) is 0.643. The molecule has 1 aromatic heterocycles. The molecule has 2 aromatic rings. The van der Waals surface area contributed by atoms with Crippen LogP contribution in [0.2, 0.25) is 0 Å². The van der Waals surface area contributed by atoms with Crippen molar-refractivity contribution >= 4 is 11.8 Å². The molecule has 0 bridgehead atoms. The van der Waals surface area contributed by atoms with E-state index in [1.165, 1.54) is 24.8 Å². The predicted octanol–water partition coefficient (Wildman–Crippen LogP) is 2.05. The van der Waals surface area contributed by atoms with Crippen molar-refractivity contribution in [1.82, 2.24) is 9.13 Å². The minimum Gasteiger partial charge on any atom is -0.493 e. The summed E-state index contributed by atoms with van der Waals surface area (Å²) in [6.07, 6.45) is 1.47. The van der Waals surface area contributed by atoms with Crippen LogP contribution in [0.1, 0.15) is 30.9 Å². The van der Waals surface area contributed by atoms with Crippen LogP contribution < -0.4 is 26.0 Å². The number of fused-ring (bicyclic) bond motifs is 1. The molecule has 1 aliphatic rings. The molecule has 1 aromatic carbocycles. The van der Waals surface area contributed by atoms with Gasteiger partial charge in [0.15, 0.2) is 11.5 Å². The van der Waals surface area contributed by atoms with Gasteiger partial charge in [-0.05, 0) is 31.5 Å². The van der Waals surface area contributed by atoms with Gasteiger partial charge in [0, 0.05) is 19.8 Å². The van der Waals surface area contributed by atoms with Gasteiger partial charge in [0.1, 0.15) is 12.4 Å². The molecule has 2 heterocycles. The van der Waals surface area contributed by atoms with Gasteiger partial charge in [-0.25, -0.2) is 9.59 Å². The smallest absolute Gasteiger partial charge is 0.337 e. The summed E-state index contributed by atoms with van der Waals surface area (Å²) in [5.74, 6) is -0.0537. The molecule has 0 saturated heterocycles. The summed E-state index contributed by atoms with van der Waals surface area (Å²) in [4.78, 5) is 38.8. The number of ether oxygens (including phenoxy) is 3. The topological polar surface area (TPSA) is 101 Å². The molecule has 1 aliphatic heterocycles. The Balaban J connectivity index is 2.33. The fourth-order valence-electron chi connectivity index (χ4n) is 3.84. The number of allylic oxidation sites excluding steroid dienone is 1. The van der Waals surface area contributed by atoms with E-state index in [9.17, 15) is 14.4 Å². The fourth-order valence-corrected chi connectivity index (χ4v) is 3.84. The number of carbonyl (C=O) groups excluding carboxylic acids is 1. The minimum absolute atomic E-state index is 0.0209. The predicted molar refractivity (Wildman–Crippen MR) is 120 cm³/mol. The van der Waals surface area contributed by atoms with Crippen LogP contribution in [-0.4, -0.2) is 35.4 Å². The molecular formula is C23H27N3O6. The zero-order chi connectivity index (χ0) is 23.6. The van der Waals surface area contributed by atoms with E-state index in [4.69, 9.17) is 14.2 Å². The number of methoxy groups -OCH3 is 1. The number of anilines is 1. The molecule has 1 unspecified atom stereocenters. The van der Waals surface area contributed by atoms with Gasteiger partial charge in [0.25, 0.3) is 5.56 Å². The van der Waals surface area contributed by atoms with E-state index < -0.39 is 23.1 Å². The number of hydrogen-bond acceptors (Lipinski definition) is 7. The Morgan fingerprint density at radius 3 is 2.56 bits per heavy atom. The van der Waals surface area contributed by atoms with E-state index in [1.807, 2.05) is 6.92 Å². The van der Waals surface area contributed by atoms with Gasteiger partial charge in [-0.15, -0.1) is 0 Å². The van der Waals surface area contributed by atoms with E-state index in [1.54, 1.807) is 32.2 Å². The fraction of sp³-hybridized carbons (Fsp3) is 0.348. The number of carbonyl (C=O) groups is 1. The van der Waals surface area contributed by atoms with Crippen molar-refractivity contribution in [3.8, 4) is 11.5 Å². The second-order valence-electron chi connectivity index (χ2n) is 7.30. The molecule has 1 atom stereocenters. The Labute approximate surface area is 185 Å². The maximum atomic E-state index is 13.2. The summed E-state index contributed by atoms with van der Waals surface area (Å²) in [7, 11) is 4.49. The Hall–Kier alpha value is -3.75. The van der Waals surface area contributed by atoms with Gasteiger partial charge in [-0.2, -0.15) is 0 Å². The number of esters is 1. The summed E-state index contributed by atoms with van der Waals surface area (Å²) in [5, 5.41) is 3.05. The first-order valence-electron chi connectivity index (χ1n) is 10.1. The van der Waals surface area contributed by atoms with E-state index in [2.05, 4.69) is 11.9 Å². The van der Waals surface area contributed by atoms with Crippen LogP contribution in [-0.2, 0) is 23.6 Å². The normalized spacial score (nSPS) is 15.0. The van der Waals surface area contributed by atoms with Crippen LogP contribution in [0.4, 0.5) is 5.82 Å². The molecule has 9 nitrogen and oxygen atoms in total. The highest BCUT2D eigenvalue weighted by molar-refractivity contribution is 5.94. The van der Waals surface area contributed by atoms with Crippen molar-refractivity contribution in [2.75, 3.05) is 25.6 Å². The molecule has 170 valence electrons. The van der Waals surface area contributed by atoms with Gasteiger partial charge in [-0.1, -0.05) is 18.7 Å². The van der Waals surface area contributed by atoms with Crippen LogP contribution >= 0.6 is 0 Å². The van der Waals surface area contributed by atoms with Gasteiger partial charge in [0.05, 0.1) is 30.8 Å². The van der Waals surface area contributed by atoms with Crippen LogP contribution in [0.25, 0.3) is 0 Å². The highest BCUT2D eigenvalue weighted by atomic mass is 16.5. The van der Waals surface area contributed by atoms with Crippen LogP contribution in [0.15, 0.2) is 51.7 Å². The van der Waals surface area contributed by atoms with Crippen molar-refractivity contribution in [2.45, 2.75) is 19.8 Å². The Kier molecular flexibility index (Phi) is 6.57. The maximum Gasteiger partial charge on any atom is 0.337 e. The lowest BCUT2D eigenvalue weighted by Gasteiger charge is -2.31. The number of nitrogens with one attached hydrogen (secondary N) is 1. The van der Waals surface area contributed by atoms with Gasteiger partial charge < -0.3 is 19.5 Å². The molecule has 0 saturated carbocycles. The molecule has 1 N–H and O–H groups in total. The van der Waals surface area contributed by atoms with Crippen molar-refractivity contribution in [3.05, 3.63) is 74.1 Å². The molecule has 0 fully saturated rings. The van der Waals surface area contributed by atoms with Crippen molar-refractivity contribution in [3.63, 3.8) is 0 Å². The Morgan fingerprint density at radius 1 is 1.22 bits per heavy atom. The van der Waals surface area contributed by atoms with E-state index >= 15 is 0 Å². The molecule has 0 spiro atoms.